The third kappa shape index (κ3) is 1.44. The van der Waals surface area contributed by atoms with Crippen LogP contribution in [0.2, 0.25) is 0 Å². The van der Waals surface area contributed by atoms with E-state index in [0.717, 1.165) is 0 Å². The highest BCUT2D eigenvalue weighted by molar-refractivity contribution is 5.34. The molecule has 2 aromatic carbocycles. The second-order valence-electron chi connectivity index (χ2n) is 4.38. The van der Waals surface area contributed by atoms with Gasteiger partial charge in [-0.05, 0) is 18.1 Å². The van der Waals surface area contributed by atoms with Crippen LogP contribution in [-0.4, -0.2) is 0 Å². The molecular formula is C15H14O. The molecule has 0 saturated carbocycles. The molecule has 1 unspecified atom stereocenters. The summed E-state index contributed by atoms with van der Waals surface area (Å²) < 4.78 is 5.88. The lowest BCUT2D eigenvalue weighted by atomic mass is 9.94. The van der Waals surface area contributed by atoms with E-state index in [1.54, 1.807) is 0 Å². The fraction of sp³-hybridized carbons (Fsp3) is 0.200. The van der Waals surface area contributed by atoms with Crippen LogP contribution in [0.5, 0.6) is 0 Å². The van der Waals surface area contributed by atoms with Crippen LogP contribution in [0.15, 0.2) is 60.7 Å². The average molecular weight is 210 g/mol. The van der Waals surface area contributed by atoms with E-state index in [1.165, 1.54) is 11.1 Å². The van der Waals surface area contributed by atoms with E-state index in [1.807, 2.05) is 12.1 Å². The number of epoxide rings is 1. The maximum Gasteiger partial charge on any atom is 0.122 e. The Bertz CT molecular complexity index is 477. The van der Waals surface area contributed by atoms with Crippen molar-refractivity contribution in [3.8, 4) is 0 Å². The molecule has 0 aromatic heterocycles. The van der Waals surface area contributed by atoms with Crippen LogP contribution in [0.4, 0.5) is 0 Å². The minimum Gasteiger partial charge on any atom is -0.356 e. The molecule has 0 N–H and O–H groups in total. The lowest BCUT2D eigenvalue weighted by Gasteiger charge is -2.06. The van der Waals surface area contributed by atoms with Gasteiger partial charge in [-0.2, -0.15) is 0 Å². The van der Waals surface area contributed by atoms with Gasteiger partial charge in [-0.1, -0.05) is 60.7 Å². The van der Waals surface area contributed by atoms with Gasteiger partial charge in [0.2, 0.25) is 0 Å². The molecule has 2 atom stereocenters. The van der Waals surface area contributed by atoms with Crippen molar-refractivity contribution in [2.24, 2.45) is 0 Å². The topological polar surface area (TPSA) is 12.5 Å². The van der Waals surface area contributed by atoms with Crippen LogP contribution in [0.25, 0.3) is 0 Å². The molecule has 80 valence electrons. The Balaban J connectivity index is 1.90. The van der Waals surface area contributed by atoms with Crippen molar-refractivity contribution < 1.29 is 4.74 Å². The van der Waals surface area contributed by atoms with Crippen LogP contribution < -0.4 is 0 Å². The summed E-state index contributed by atoms with van der Waals surface area (Å²) in [5, 5.41) is 0. The molecule has 1 nitrogen and oxygen atoms in total. The van der Waals surface area contributed by atoms with E-state index in [9.17, 15) is 0 Å². The van der Waals surface area contributed by atoms with E-state index >= 15 is 0 Å². The fourth-order valence-corrected chi connectivity index (χ4v) is 2.21. The Morgan fingerprint density at radius 2 is 1.44 bits per heavy atom. The fourth-order valence-electron chi connectivity index (χ4n) is 2.21. The summed E-state index contributed by atoms with van der Waals surface area (Å²) >= 11 is 0. The van der Waals surface area contributed by atoms with Crippen molar-refractivity contribution in [2.45, 2.75) is 18.6 Å². The maximum atomic E-state index is 5.88. The largest absolute Gasteiger partial charge is 0.356 e. The van der Waals surface area contributed by atoms with E-state index < -0.39 is 0 Å². The predicted molar refractivity (Wildman–Crippen MR) is 64.1 cm³/mol. The monoisotopic (exact) mass is 210 g/mol. The van der Waals surface area contributed by atoms with Crippen molar-refractivity contribution in [1.29, 1.82) is 0 Å². The summed E-state index contributed by atoms with van der Waals surface area (Å²) in [6.45, 7) is 2.15. The maximum absolute atomic E-state index is 5.88. The van der Waals surface area contributed by atoms with Crippen LogP contribution >= 0.6 is 0 Å². The molecule has 1 aliphatic heterocycles. The Hall–Kier alpha value is -1.60. The molecule has 16 heavy (non-hydrogen) atoms. The van der Waals surface area contributed by atoms with E-state index in [4.69, 9.17) is 4.74 Å². The molecule has 0 bridgehead atoms. The molecule has 0 amide bonds. The van der Waals surface area contributed by atoms with Gasteiger partial charge in [0.25, 0.3) is 0 Å². The zero-order valence-corrected chi connectivity index (χ0v) is 9.26. The summed E-state index contributed by atoms with van der Waals surface area (Å²) in [7, 11) is 0. The van der Waals surface area contributed by atoms with Gasteiger partial charge < -0.3 is 4.74 Å². The first kappa shape index (κ1) is 9.61. The summed E-state index contributed by atoms with van der Waals surface area (Å²) in [5.74, 6) is 0. The minimum atomic E-state index is -0.136. The first-order chi connectivity index (χ1) is 7.81. The van der Waals surface area contributed by atoms with Gasteiger partial charge in [0, 0.05) is 0 Å². The number of ether oxygens (including phenoxy) is 1. The van der Waals surface area contributed by atoms with Gasteiger partial charge in [0.15, 0.2) is 0 Å². The first-order valence-electron chi connectivity index (χ1n) is 5.59. The second kappa shape index (κ2) is 3.46. The number of benzene rings is 2. The summed E-state index contributed by atoms with van der Waals surface area (Å²) in [5.41, 5.74) is 2.38. The van der Waals surface area contributed by atoms with Crippen LogP contribution in [0.3, 0.4) is 0 Å². The zero-order valence-electron chi connectivity index (χ0n) is 9.26. The molecule has 0 aliphatic carbocycles. The molecule has 1 heterocycles. The highest BCUT2D eigenvalue weighted by Gasteiger charge is 2.54. The normalized spacial score (nSPS) is 27.7. The highest BCUT2D eigenvalue weighted by atomic mass is 16.6. The van der Waals surface area contributed by atoms with Gasteiger partial charge in [-0.3, -0.25) is 0 Å². The van der Waals surface area contributed by atoms with Gasteiger partial charge in [-0.15, -0.1) is 0 Å². The van der Waals surface area contributed by atoms with Crippen molar-refractivity contribution in [3.05, 3.63) is 71.8 Å². The van der Waals surface area contributed by atoms with Gasteiger partial charge >= 0.3 is 0 Å². The molecule has 2 aromatic rings. The molecule has 0 spiro atoms. The Morgan fingerprint density at radius 3 is 2.06 bits per heavy atom. The Labute approximate surface area is 95.7 Å². The summed E-state index contributed by atoms with van der Waals surface area (Å²) in [4.78, 5) is 0. The molecule has 1 saturated heterocycles. The van der Waals surface area contributed by atoms with Crippen molar-refractivity contribution in [1.82, 2.24) is 0 Å². The highest BCUT2D eigenvalue weighted by Crippen LogP contribution is 2.56. The minimum absolute atomic E-state index is 0.136. The number of hydrogen-bond acceptors (Lipinski definition) is 1. The summed E-state index contributed by atoms with van der Waals surface area (Å²) in [6.07, 6.45) is 0.205. The Morgan fingerprint density at radius 1 is 0.875 bits per heavy atom. The van der Waals surface area contributed by atoms with Crippen LogP contribution in [0, 0.1) is 0 Å². The van der Waals surface area contributed by atoms with Gasteiger partial charge in [0.05, 0.1) is 0 Å². The SMILES string of the molecule is CC1(c2ccccc2)O[C@@H]1c1ccccc1. The third-order valence-corrected chi connectivity index (χ3v) is 3.26. The first-order valence-corrected chi connectivity index (χ1v) is 5.59. The standard InChI is InChI=1S/C15H14O/c1-15(13-10-6-3-7-11-13)14(16-15)12-8-4-2-5-9-12/h2-11,14H,1H3/t14-,15?/m1/s1. The quantitative estimate of drug-likeness (QED) is 0.689. The average Bonchev–Trinajstić information content (AvgIpc) is 3.06. The number of rotatable bonds is 2. The number of hydrogen-bond donors (Lipinski definition) is 0. The lowest BCUT2D eigenvalue weighted by molar-refractivity contribution is 0.313. The molecule has 1 heteroatoms. The van der Waals surface area contributed by atoms with Crippen LogP contribution in [0.1, 0.15) is 24.2 Å². The molecule has 1 fully saturated rings. The van der Waals surface area contributed by atoms with E-state index in [0.29, 0.717) is 0 Å². The van der Waals surface area contributed by atoms with Gasteiger partial charge in [-0.25, -0.2) is 0 Å². The van der Waals surface area contributed by atoms with Crippen molar-refractivity contribution in [2.75, 3.05) is 0 Å². The Kier molecular flexibility index (Phi) is 2.08. The molecule has 1 aliphatic rings. The van der Waals surface area contributed by atoms with Gasteiger partial charge in [0.1, 0.15) is 11.7 Å². The zero-order chi connectivity index (χ0) is 11.0. The second-order valence-corrected chi connectivity index (χ2v) is 4.38. The third-order valence-electron chi connectivity index (χ3n) is 3.26. The molecule has 0 radical (unpaired) electrons. The molecular weight excluding hydrogens is 196 g/mol. The van der Waals surface area contributed by atoms with E-state index in [2.05, 4.69) is 55.5 Å². The smallest absolute Gasteiger partial charge is 0.122 e. The predicted octanol–water partition coefficient (Wildman–Crippen LogP) is 3.67. The summed E-state index contributed by atoms with van der Waals surface area (Å²) in [6, 6.07) is 20.8. The lowest BCUT2D eigenvalue weighted by Crippen LogP contribution is -2.03. The molecule has 3 rings (SSSR count). The van der Waals surface area contributed by atoms with Crippen molar-refractivity contribution >= 4 is 0 Å². The van der Waals surface area contributed by atoms with Crippen LogP contribution in [-0.2, 0) is 10.3 Å². The van der Waals surface area contributed by atoms with E-state index in [-0.39, 0.29) is 11.7 Å². The van der Waals surface area contributed by atoms with Crippen molar-refractivity contribution in [3.63, 3.8) is 0 Å².